The van der Waals surface area contributed by atoms with E-state index < -0.39 is 5.97 Å². The van der Waals surface area contributed by atoms with Gasteiger partial charge in [0.25, 0.3) is 5.91 Å². The summed E-state index contributed by atoms with van der Waals surface area (Å²) in [6, 6.07) is 8.49. The van der Waals surface area contributed by atoms with E-state index in [1.54, 1.807) is 20.3 Å². The predicted octanol–water partition coefficient (Wildman–Crippen LogP) is 2.27. The number of nitrogens with one attached hydrogen (secondary N) is 1. The van der Waals surface area contributed by atoms with Gasteiger partial charge in [-0.2, -0.15) is 0 Å². The number of aromatic nitrogens is 1. The van der Waals surface area contributed by atoms with Crippen molar-refractivity contribution in [2.24, 2.45) is 0 Å². The minimum Gasteiger partial charge on any atom is -0.493 e. The lowest BCUT2D eigenvalue weighted by Crippen LogP contribution is -2.30. The van der Waals surface area contributed by atoms with E-state index in [1.165, 1.54) is 18.3 Å². The topological polar surface area (TPSA) is 86.8 Å². The molecule has 0 saturated carbocycles. The van der Waals surface area contributed by atoms with Gasteiger partial charge >= 0.3 is 5.97 Å². The zero-order chi connectivity index (χ0) is 18.9. The van der Waals surface area contributed by atoms with E-state index in [1.807, 2.05) is 12.1 Å². The Kier molecular flexibility index (Phi) is 7.23. The molecule has 0 unspecified atom stereocenters. The second-order valence-electron chi connectivity index (χ2n) is 5.24. The molecular weight excluding hydrogens is 360 g/mol. The number of nitrogens with zero attached hydrogens (tertiary/aromatic N) is 1. The molecule has 0 atom stereocenters. The fraction of sp³-hybridized carbons (Fsp3) is 0.278. The number of amides is 1. The molecule has 7 nitrogen and oxygen atoms in total. The van der Waals surface area contributed by atoms with E-state index in [0.717, 1.165) is 5.56 Å². The Morgan fingerprint density at radius 1 is 1.12 bits per heavy atom. The molecule has 0 fully saturated rings. The summed E-state index contributed by atoms with van der Waals surface area (Å²) >= 11 is 5.65. The molecule has 1 aromatic heterocycles. The molecular formula is C18H19ClN2O5. The number of carbonyl (C=O) groups excluding carboxylic acids is 2. The highest BCUT2D eigenvalue weighted by atomic mass is 35.5. The zero-order valence-corrected chi connectivity index (χ0v) is 15.2. The number of benzene rings is 1. The number of ether oxygens (including phenoxy) is 3. The van der Waals surface area contributed by atoms with Gasteiger partial charge in [0.05, 0.1) is 19.8 Å². The summed E-state index contributed by atoms with van der Waals surface area (Å²) < 4.78 is 15.3. The molecule has 0 aliphatic rings. The summed E-state index contributed by atoms with van der Waals surface area (Å²) in [5.74, 6) is 0.246. The van der Waals surface area contributed by atoms with E-state index in [2.05, 4.69) is 10.3 Å². The van der Waals surface area contributed by atoms with Crippen LogP contribution in [-0.4, -0.2) is 44.2 Å². The van der Waals surface area contributed by atoms with E-state index >= 15 is 0 Å². The molecule has 1 aromatic carbocycles. The van der Waals surface area contributed by atoms with Crippen molar-refractivity contribution in [2.45, 2.75) is 6.42 Å². The van der Waals surface area contributed by atoms with Crippen LogP contribution in [-0.2, 0) is 16.0 Å². The first-order chi connectivity index (χ1) is 12.5. The highest BCUT2D eigenvalue weighted by Gasteiger charge is 2.11. The second-order valence-corrected chi connectivity index (χ2v) is 5.62. The summed E-state index contributed by atoms with van der Waals surface area (Å²) in [5.41, 5.74) is 1.21. The van der Waals surface area contributed by atoms with Gasteiger partial charge in [0.1, 0.15) is 5.15 Å². The molecule has 0 spiro atoms. The SMILES string of the molecule is COc1ccc(CCNC(=O)COC(=O)c2ccc(Cl)nc2)cc1OC. The molecule has 1 N–H and O–H groups in total. The summed E-state index contributed by atoms with van der Waals surface area (Å²) in [6.45, 7) is 0.0295. The standard InChI is InChI=1S/C18H19ClN2O5/c1-24-14-5-3-12(9-15(14)25-2)7-8-20-17(22)11-26-18(23)13-4-6-16(19)21-10-13/h3-6,9-10H,7-8,11H2,1-2H3,(H,20,22). The first-order valence-corrected chi connectivity index (χ1v) is 8.17. The first kappa shape index (κ1) is 19.5. The maximum atomic E-state index is 11.8. The molecule has 0 aliphatic carbocycles. The van der Waals surface area contributed by atoms with Gasteiger partial charge in [-0.25, -0.2) is 9.78 Å². The predicted molar refractivity (Wildman–Crippen MR) is 95.8 cm³/mol. The summed E-state index contributed by atoms with van der Waals surface area (Å²) in [5, 5.41) is 2.96. The van der Waals surface area contributed by atoms with Gasteiger partial charge in [-0.05, 0) is 36.2 Å². The van der Waals surface area contributed by atoms with Gasteiger partial charge in [0, 0.05) is 12.7 Å². The second kappa shape index (κ2) is 9.62. The van der Waals surface area contributed by atoms with Crippen LogP contribution in [0.4, 0.5) is 0 Å². The number of halogens is 1. The molecule has 0 bridgehead atoms. The van der Waals surface area contributed by atoms with E-state index in [4.69, 9.17) is 25.8 Å². The maximum absolute atomic E-state index is 11.8. The molecule has 2 rings (SSSR count). The van der Waals surface area contributed by atoms with Crippen LogP contribution in [0.15, 0.2) is 36.5 Å². The van der Waals surface area contributed by atoms with Crippen LogP contribution >= 0.6 is 11.6 Å². The molecule has 0 radical (unpaired) electrons. The number of methoxy groups -OCH3 is 2. The van der Waals surface area contributed by atoms with Crippen molar-refractivity contribution in [1.82, 2.24) is 10.3 Å². The molecule has 1 amide bonds. The number of hydrogen-bond acceptors (Lipinski definition) is 6. The van der Waals surface area contributed by atoms with Gasteiger partial charge in [-0.1, -0.05) is 17.7 Å². The molecule has 8 heteroatoms. The highest BCUT2D eigenvalue weighted by molar-refractivity contribution is 6.29. The average molecular weight is 379 g/mol. The summed E-state index contributed by atoms with van der Waals surface area (Å²) in [7, 11) is 3.13. The first-order valence-electron chi connectivity index (χ1n) is 7.79. The minimum absolute atomic E-state index is 0.229. The molecule has 0 aliphatic heterocycles. The number of hydrogen-bond donors (Lipinski definition) is 1. The normalized spacial score (nSPS) is 10.1. The monoisotopic (exact) mass is 378 g/mol. The Morgan fingerprint density at radius 3 is 2.54 bits per heavy atom. The minimum atomic E-state index is -0.635. The van der Waals surface area contributed by atoms with Crippen molar-refractivity contribution < 1.29 is 23.8 Å². The van der Waals surface area contributed by atoms with Crippen molar-refractivity contribution in [2.75, 3.05) is 27.4 Å². The van der Waals surface area contributed by atoms with E-state index in [9.17, 15) is 9.59 Å². The zero-order valence-electron chi connectivity index (χ0n) is 14.5. The quantitative estimate of drug-likeness (QED) is 0.560. The van der Waals surface area contributed by atoms with Crippen molar-refractivity contribution in [3.8, 4) is 11.5 Å². The van der Waals surface area contributed by atoms with Crippen LogP contribution in [0, 0.1) is 0 Å². The smallest absolute Gasteiger partial charge is 0.340 e. The number of esters is 1. The van der Waals surface area contributed by atoms with Gasteiger partial charge < -0.3 is 19.5 Å². The van der Waals surface area contributed by atoms with Crippen molar-refractivity contribution >= 4 is 23.5 Å². The Morgan fingerprint density at radius 2 is 1.88 bits per heavy atom. The molecule has 0 saturated heterocycles. The van der Waals surface area contributed by atoms with E-state index in [0.29, 0.717) is 24.5 Å². The fourth-order valence-corrected chi connectivity index (χ4v) is 2.26. The molecule has 2 aromatic rings. The number of pyridine rings is 1. The lowest BCUT2D eigenvalue weighted by atomic mass is 10.1. The third-order valence-corrected chi connectivity index (χ3v) is 3.70. The Hall–Kier alpha value is -2.80. The van der Waals surface area contributed by atoms with Crippen molar-refractivity contribution in [3.05, 3.63) is 52.8 Å². The van der Waals surface area contributed by atoms with Crippen LogP contribution in [0.25, 0.3) is 0 Å². The van der Waals surface area contributed by atoms with Crippen LogP contribution in [0.5, 0.6) is 11.5 Å². The molecule has 26 heavy (non-hydrogen) atoms. The lowest BCUT2D eigenvalue weighted by molar-refractivity contribution is -0.124. The summed E-state index contributed by atoms with van der Waals surface area (Å²) in [6.07, 6.45) is 1.89. The highest BCUT2D eigenvalue weighted by Crippen LogP contribution is 2.27. The van der Waals surface area contributed by atoms with E-state index in [-0.39, 0.29) is 23.2 Å². The Balaban J connectivity index is 1.75. The Labute approximate surface area is 156 Å². The van der Waals surface area contributed by atoms with Crippen molar-refractivity contribution in [3.63, 3.8) is 0 Å². The fourth-order valence-electron chi connectivity index (χ4n) is 2.14. The molecule has 138 valence electrons. The lowest BCUT2D eigenvalue weighted by Gasteiger charge is -2.10. The van der Waals surface area contributed by atoms with Gasteiger partial charge in [-0.15, -0.1) is 0 Å². The Bertz CT molecular complexity index is 765. The third kappa shape index (κ3) is 5.63. The van der Waals surface area contributed by atoms with Crippen molar-refractivity contribution in [1.29, 1.82) is 0 Å². The third-order valence-electron chi connectivity index (χ3n) is 3.48. The maximum Gasteiger partial charge on any atom is 0.340 e. The number of carbonyl (C=O) groups is 2. The average Bonchev–Trinajstić information content (AvgIpc) is 2.66. The van der Waals surface area contributed by atoms with Crippen LogP contribution in [0.3, 0.4) is 0 Å². The van der Waals surface area contributed by atoms with Gasteiger partial charge in [-0.3, -0.25) is 4.79 Å². The van der Waals surface area contributed by atoms with Crippen LogP contribution < -0.4 is 14.8 Å². The van der Waals surface area contributed by atoms with Gasteiger partial charge in [0.15, 0.2) is 18.1 Å². The van der Waals surface area contributed by atoms with Crippen LogP contribution in [0.1, 0.15) is 15.9 Å². The van der Waals surface area contributed by atoms with Gasteiger partial charge in [0.2, 0.25) is 0 Å². The largest absolute Gasteiger partial charge is 0.493 e. The number of rotatable bonds is 8. The molecule has 1 heterocycles. The van der Waals surface area contributed by atoms with Crippen LogP contribution in [0.2, 0.25) is 5.15 Å². The summed E-state index contributed by atoms with van der Waals surface area (Å²) in [4.78, 5) is 27.3.